The summed E-state index contributed by atoms with van der Waals surface area (Å²) in [6.45, 7) is 8.62. The van der Waals surface area contributed by atoms with Gasteiger partial charge >= 0.3 is 5.69 Å². The summed E-state index contributed by atoms with van der Waals surface area (Å²) in [5.41, 5.74) is 3.92. The van der Waals surface area contributed by atoms with E-state index in [2.05, 4.69) is 18.5 Å². The van der Waals surface area contributed by atoms with E-state index >= 15 is 0 Å². The predicted molar refractivity (Wildman–Crippen MR) is 80.8 cm³/mol. The summed E-state index contributed by atoms with van der Waals surface area (Å²) in [4.78, 5) is 16.0. The zero-order chi connectivity index (χ0) is 14.7. The maximum Gasteiger partial charge on any atom is 0.351 e. The second kappa shape index (κ2) is 5.90. The summed E-state index contributed by atoms with van der Waals surface area (Å²) in [6.07, 6.45) is 5.90. The number of rotatable bonds is 3. The van der Waals surface area contributed by atoms with Crippen LogP contribution in [0, 0.1) is 0 Å². The number of nitrogens with zero attached hydrogens (tertiary/aromatic N) is 2. The summed E-state index contributed by atoms with van der Waals surface area (Å²) in [5, 5.41) is 0. The third kappa shape index (κ3) is 2.90. The molecule has 0 bridgehead atoms. The highest BCUT2D eigenvalue weighted by atomic mass is 16.5. The third-order valence-electron chi connectivity index (χ3n) is 3.40. The van der Waals surface area contributed by atoms with Gasteiger partial charge in [-0.05, 0) is 32.3 Å². The Morgan fingerprint density at radius 2 is 2.30 bits per heavy atom. The number of ether oxygens (including phenoxy) is 1. The second-order valence-electron chi connectivity index (χ2n) is 5.10. The number of fused-ring (bicyclic) bond motifs is 1. The Labute approximate surface area is 119 Å². The molecule has 0 atom stereocenters. The molecule has 1 aliphatic heterocycles. The molecule has 0 fully saturated rings. The lowest BCUT2D eigenvalue weighted by Crippen LogP contribution is -2.25. The Morgan fingerprint density at radius 3 is 2.95 bits per heavy atom. The van der Waals surface area contributed by atoms with Crippen LogP contribution in [0.3, 0.4) is 0 Å². The lowest BCUT2D eigenvalue weighted by Gasteiger charge is -2.12. The van der Waals surface area contributed by atoms with Gasteiger partial charge in [0.1, 0.15) is 0 Å². The first-order valence-electron chi connectivity index (χ1n) is 6.72. The normalized spacial score (nSPS) is 15.2. The maximum absolute atomic E-state index is 12.1. The van der Waals surface area contributed by atoms with E-state index in [4.69, 9.17) is 4.74 Å². The van der Waals surface area contributed by atoms with Crippen LogP contribution in [0.1, 0.15) is 32.4 Å². The quantitative estimate of drug-likeness (QED) is 0.795. The maximum atomic E-state index is 12.1. The number of hydrogen-bond acceptors (Lipinski definition) is 3. The summed E-state index contributed by atoms with van der Waals surface area (Å²) < 4.78 is 6.84. The number of aromatic nitrogens is 2. The van der Waals surface area contributed by atoms with Gasteiger partial charge in [0.25, 0.3) is 0 Å². The van der Waals surface area contributed by atoms with Crippen molar-refractivity contribution in [2.75, 3.05) is 7.11 Å². The number of allylic oxidation sites excluding steroid dienone is 5. The average Bonchev–Trinajstić information content (AvgIpc) is 2.55. The van der Waals surface area contributed by atoms with Crippen LogP contribution < -0.4 is 10.4 Å². The highest BCUT2D eigenvalue weighted by Gasteiger charge is 2.16. The van der Waals surface area contributed by atoms with Crippen molar-refractivity contribution < 1.29 is 4.74 Å². The summed E-state index contributed by atoms with van der Waals surface area (Å²) >= 11 is 0. The molecule has 0 saturated carbocycles. The fourth-order valence-corrected chi connectivity index (χ4v) is 2.34. The lowest BCUT2D eigenvalue weighted by molar-refractivity contribution is 0.391. The van der Waals surface area contributed by atoms with Crippen LogP contribution in [0.2, 0.25) is 0 Å². The molecule has 0 radical (unpaired) electrons. The zero-order valence-corrected chi connectivity index (χ0v) is 12.3. The summed E-state index contributed by atoms with van der Waals surface area (Å²) in [6, 6.07) is 1.83. The van der Waals surface area contributed by atoms with Crippen molar-refractivity contribution in [3.05, 3.63) is 52.1 Å². The minimum atomic E-state index is -0.254. The molecular weight excluding hydrogens is 252 g/mol. The molecule has 0 unspecified atom stereocenters. The first-order valence-corrected chi connectivity index (χ1v) is 6.72. The second-order valence-corrected chi connectivity index (χ2v) is 5.10. The van der Waals surface area contributed by atoms with E-state index in [9.17, 15) is 4.79 Å². The van der Waals surface area contributed by atoms with Crippen molar-refractivity contribution in [2.24, 2.45) is 0 Å². The van der Waals surface area contributed by atoms with Gasteiger partial charge in [-0.2, -0.15) is 4.98 Å². The number of hydrogen-bond donors (Lipinski definition) is 0. The molecule has 2 heterocycles. The average molecular weight is 272 g/mol. The van der Waals surface area contributed by atoms with E-state index in [1.807, 2.05) is 25.1 Å². The Bertz CT molecular complexity index is 651. The summed E-state index contributed by atoms with van der Waals surface area (Å²) in [7, 11) is 1.52. The molecule has 0 N–H and O–H groups in total. The Hall–Kier alpha value is -2.10. The minimum Gasteiger partial charge on any atom is -0.481 e. The third-order valence-corrected chi connectivity index (χ3v) is 3.40. The molecule has 1 aliphatic rings. The van der Waals surface area contributed by atoms with Crippen molar-refractivity contribution in [1.82, 2.24) is 9.55 Å². The largest absolute Gasteiger partial charge is 0.481 e. The standard InChI is InChI=1S/C16H20N2O2/c1-11(2)7-8-13-12(3)6-5-9-18-14(13)10-15(20-4)17-16(18)19/h7-8,10H,1,5-6,9H2,2-4H3/b8-7-. The molecule has 2 rings (SSSR count). The molecule has 4 heteroatoms. The molecule has 0 saturated heterocycles. The highest BCUT2D eigenvalue weighted by Crippen LogP contribution is 2.27. The van der Waals surface area contributed by atoms with Crippen LogP contribution in [0.25, 0.3) is 5.57 Å². The first kappa shape index (κ1) is 14.3. The molecule has 4 nitrogen and oxygen atoms in total. The smallest absolute Gasteiger partial charge is 0.351 e. The van der Waals surface area contributed by atoms with E-state index in [0.29, 0.717) is 12.4 Å². The van der Waals surface area contributed by atoms with Crippen LogP contribution in [0.15, 0.2) is 40.7 Å². The molecule has 1 aromatic rings. The summed E-state index contributed by atoms with van der Waals surface area (Å²) in [5.74, 6) is 0.358. The van der Waals surface area contributed by atoms with Crippen molar-refractivity contribution in [1.29, 1.82) is 0 Å². The Balaban J connectivity index is 2.65. The van der Waals surface area contributed by atoms with Gasteiger partial charge in [0, 0.05) is 12.6 Å². The lowest BCUT2D eigenvalue weighted by atomic mass is 10.0. The van der Waals surface area contributed by atoms with Crippen molar-refractivity contribution in [2.45, 2.75) is 33.2 Å². The van der Waals surface area contributed by atoms with Crippen molar-refractivity contribution in [3.63, 3.8) is 0 Å². The van der Waals surface area contributed by atoms with Gasteiger partial charge in [0.2, 0.25) is 5.88 Å². The molecule has 106 valence electrons. The van der Waals surface area contributed by atoms with Crippen LogP contribution in [-0.4, -0.2) is 16.7 Å². The van der Waals surface area contributed by atoms with Crippen LogP contribution in [0.5, 0.6) is 5.88 Å². The van der Waals surface area contributed by atoms with Crippen LogP contribution >= 0.6 is 0 Å². The molecule has 0 aliphatic carbocycles. The zero-order valence-electron chi connectivity index (χ0n) is 12.3. The SMILES string of the molecule is C=C(C)/C=C\C1=C(C)CCCn2c1cc(OC)nc2=O. The minimum absolute atomic E-state index is 0.254. The molecule has 0 aromatic carbocycles. The van der Waals surface area contributed by atoms with Gasteiger partial charge in [-0.25, -0.2) is 4.79 Å². The topological polar surface area (TPSA) is 44.1 Å². The fraction of sp³-hybridized carbons (Fsp3) is 0.375. The van der Waals surface area contributed by atoms with Gasteiger partial charge in [0.05, 0.1) is 12.8 Å². The monoisotopic (exact) mass is 272 g/mol. The van der Waals surface area contributed by atoms with E-state index < -0.39 is 0 Å². The van der Waals surface area contributed by atoms with E-state index in [1.54, 1.807) is 4.57 Å². The van der Waals surface area contributed by atoms with Gasteiger partial charge in [-0.1, -0.05) is 29.9 Å². The Kier molecular flexibility index (Phi) is 4.23. The highest BCUT2D eigenvalue weighted by molar-refractivity contribution is 5.75. The van der Waals surface area contributed by atoms with Crippen molar-refractivity contribution >= 4 is 5.57 Å². The number of methoxy groups -OCH3 is 1. The van der Waals surface area contributed by atoms with Crippen molar-refractivity contribution in [3.8, 4) is 5.88 Å². The molecule has 0 amide bonds. The van der Waals surface area contributed by atoms with Crippen LogP contribution in [-0.2, 0) is 6.54 Å². The molecule has 0 spiro atoms. The Morgan fingerprint density at radius 1 is 1.55 bits per heavy atom. The van der Waals surface area contributed by atoms with E-state index in [-0.39, 0.29) is 5.69 Å². The molecular formula is C16H20N2O2. The first-order chi connectivity index (χ1) is 9.52. The molecule has 20 heavy (non-hydrogen) atoms. The van der Waals surface area contributed by atoms with Gasteiger partial charge in [-0.15, -0.1) is 0 Å². The van der Waals surface area contributed by atoms with Gasteiger partial charge in [0.15, 0.2) is 0 Å². The fourth-order valence-electron chi connectivity index (χ4n) is 2.34. The van der Waals surface area contributed by atoms with E-state index in [0.717, 1.165) is 29.7 Å². The van der Waals surface area contributed by atoms with E-state index in [1.165, 1.54) is 12.7 Å². The van der Waals surface area contributed by atoms with Gasteiger partial charge in [-0.3, -0.25) is 4.57 Å². The molecule has 1 aromatic heterocycles. The van der Waals surface area contributed by atoms with Crippen LogP contribution in [0.4, 0.5) is 0 Å². The predicted octanol–water partition coefficient (Wildman–Crippen LogP) is 2.95. The van der Waals surface area contributed by atoms with Gasteiger partial charge < -0.3 is 4.74 Å².